The molecule has 1 aromatic heterocycles. The van der Waals surface area contributed by atoms with Crippen molar-refractivity contribution in [2.75, 3.05) is 13.1 Å². The molecule has 0 atom stereocenters. The minimum absolute atomic E-state index is 0.0279. The van der Waals surface area contributed by atoms with Crippen LogP contribution in [-0.2, 0) is 0 Å². The van der Waals surface area contributed by atoms with Crippen molar-refractivity contribution in [3.63, 3.8) is 0 Å². The van der Waals surface area contributed by atoms with Crippen molar-refractivity contribution >= 4 is 5.91 Å². The number of hydrogen-bond acceptors (Lipinski definition) is 2. The van der Waals surface area contributed by atoms with Crippen LogP contribution in [0.15, 0.2) is 54.9 Å². The number of piperidine rings is 1. The quantitative estimate of drug-likeness (QED) is 0.674. The van der Waals surface area contributed by atoms with Crippen LogP contribution in [0.25, 0.3) is 5.69 Å². The highest BCUT2D eigenvalue weighted by molar-refractivity contribution is 5.94. The smallest absolute Gasteiger partial charge is 0.254 e. The summed E-state index contributed by atoms with van der Waals surface area (Å²) in [6.07, 6.45) is 5.17. The number of aromatic nitrogens is 2. The predicted octanol–water partition coefficient (Wildman–Crippen LogP) is 4.31. The Morgan fingerprint density at radius 2 is 1.57 bits per heavy atom. The summed E-state index contributed by atoms with van der Waals surface area (Å²) in [5, 5.41) is 4.34. The van der Waals surface area contributed by atoms with Gasteiger partial charge in [0.25, 0.3) is 5.91 Å². The second kappa shape index (κ2) is 7.50. The first kappa shape index (κ1) is 18.3. The van der Waals surface area contributed by atoms with Crippen molar-refractivity contribution in [1.29, 1.82) is 0 Å². The lowest BCUT2D eigenvalue weighted by atomic mass is 9.91. The number of amides is 1. The predicted molar refractivity (Wildman–Crippen MR) is 97.8 cm³/mol. The highest BCUT2D eigenvalue weighted by atomic mass is 19.1. The topological polar surface area (TPSA) is 38.1 Å². The highest BCUT2D eigenvalue weighted by Crippen LogP contribution is 2.29. The molecule has 1 amide bonds. The summed E-state index contributed by atoms with van der Waals surface area (Å²) >= 11 is 0. The lowest BCUT2D eigenvalue weighted by Gasteiger charge is -2.31. The maximum Gasteiger partial charge on any atom is 0.254 e. The van der Waals surface area contributed by atoms with Crippen LogP contribution in [0.4, 0.5) is 13.2 Å². The second-order valence-electron chi connectivity index (χ2n) is 6.92. The van der Waals surface area contributed by atoms with E-state index in [1.54, 1.807) is 27.9 Å². The first-order chi connectivity index (χ1) is 13.5. The van der Waals surface area contributed by atoms with Crippen LogP contribution in [0.1, 0.15) is 34.7 Å². The van der Waals surface area contributed by atoms with Gasteiger partial charge in [-0.3, -0.25) is 4.79 Å². The number of nitrogens with zero attached hydrogens (tertiary/aromatic N) is 3. The Morgan fingerprint density at radius 3 is 2.21 bits per heavy atom. The third-order valence-corrected chi connectivity index (χ3v) is 5.06. The number of carbonyl (C=O) groups excluding carboxylic acids is 1. The molecule has 1 aliphatic rings. The van der Waals surface area contributed by atoms with E-state index in [-0.39, 0.29) is 23.2 Å². The van der Waals surface area contributed by atoms with Crippen molar-refractivity contribution in [3.05, 3.63) is 83.4 Å². The molecule has 3 aromatic rings. The maximum atomic E-state index is 13.4. The van der Waals surface area contributed by atoms with Crippen molar-refractivity contribution in [2.24, 2.45) is 0 Å². The van der Waals surface area contributed by atoms with Gasteiger partial charge in [0, 0.05) is 30.9 Å². The molecule has 144 valence electrons. The van der Waals surface area contributed by atoms with E-state index in [1.165, 1.54) is 12.1 Å². The van der Waals surface area contributed by atoms with Crippen LogP contribution in [0, 0.1) is 17.5 Å². The molecule has 0 unspecified atom stereocenters. The summed E-state index contributed by atoms with van der Waals surface area (Å²) in [6.45, 7) is 1.01. The number of likely N-dealkylation sites (tertiary alicyclic amines) is 1. The lowest BCUT2D eigenvalue weighted by molar-refractivity contribution is 0.0712. The SMILES string of the molecule is O=C(c1cc(F)cc(F)c1)N1CCC(c2cnn(-c3ccc(F)cc3)c2)CC1. The van der Waals surface area contributed by atoms with Gasteiger partial charge in [0.05, 0.1) is 11.9 Å². The third kappa shape index (κ3) is 3.78. The number of benzene rings is 2. The minimum atomic E-state index is -0.758. The molecule has 4 rings (SSSR count). The molecule has 28 heavy (non-hydrogen) atoms. The van der Waals surface area contributed by atoms with Crippen LogP contribution >= 0.6 is 0 Å². The Labute approximate surface area is 160 Å². The van der Waals surface area contributed by atoms with E-state index < -0.39 is 11.6 Å². The Kier molecular flexibility index (Phi) is 4.90. The Bertz CT molecular complexity index is 972. The number of hydrogen-bond donors (Lipinski definition) is 0. The number of halogens is 3. The number of rotatable bonds is 3. The van der Waals surface area contributed by atoms with E-state index in [0.717, 1.165) is 42.3 Å². The van der Waals surface area contributed by atoms with E-state index >= 15 is 0 Å². The van der Waals surface area contributed by atoms with Gasteiger partial charge in [0.15, 0.2) is 0 Å². The normalized spacial score (nSPS) is 15.0. The molecule has 0 saturated carbocycles. The van der Waals surface area contributed by atoms with Gasteiger partial charge in [-0.2, -0.15) is 5.10 Å². The van der Waals surface area contributed by atoms with Crippen molar-refractivity contribution in [2.45, 2.75) is 18.8 Å². The molecule has 0 bridgehead atoms. The zero-order chi connectivity index (χ0) is 19.7. The van der Waals surface area contributed by atoms with E-state index in [1.807, 2.05) is 6.20 Å². The average molecular weight is 385 g/mol. The zero-order valence-electron chi connectivity index (χ0n) is 15.0. The van der Waals surface area contributed by atoms with Gasteiger partial charge in [-0.25, -0.2) is 17.9 Å². The van der Waals surface area contributed by atoms with Gasteiger partial charge < -0.3 is 4.90 Å². The second-order valence-corrected chi connectivity index (χ2v) is 6.92. The summed E-state index contributed by atoms with van der Waals surface area (Å²) in [5.74, 6) is -1.94. The van der Waals surface area contributed by atoms with Crippen molar-refractivity contribution in [3.8, 4) is 5.69 Å². The third-order valence-electron chi connectivity index (χ3n) is 5.06. The van der Waals surface area contributed by atoms with E-state index in [9.17, 15) is 18.0 Å². The molecule has 1 aliphatic heterocycles. The van der Waals surface area contributed by atoms with Gasteiger partial charge in [-0.1, -0.05) is 0 Å². The summed E-state index contributed by atoms with van der Waals surface area (Å²) in [5.41, 5.74) is 1.85. The van der Waals surface area contributed by atoms with Crippen LogP contribution in [-0.4, -0.2) is 33.7 Å². The van der Waals surface area contributed by atoms with Crippen LogP contribution < -0.4 is 0 Å². The molecule has 0 aliphatic carbocycles. The van der Waals surface area contributed by atoms with E-state index in [0.29, 0.717) is 13.1 Å². The fourth-order valence-electron chi connectivity index (χ4n) is 3.56. The molecule has 1 saturated heterocycles. The average Bonchev–Trinajstić information content (AvgIpc) is 3.17. The molecule has 2 aromatic carbocycles. The molecule has 0 spiro atoms. The van der Waals surface area contributed by atoms with Crippen molar-refractivity contribution in [1.82, 2.24) is 14.7 Å². The van der Waals surface area contributed by atoms with Crippen LogP contribution in [0.3, 0.4) is 0 Å². The monoisotopic (exact) mass is 385 g/mol. The molecular weight excluding hydrogens is 367 g/mol. The van der Waals surface area contributed by atoms with E-state index in [2.05, 4.69) is 5.10 Å². The first-order valence-corrected chi connectivity index (χ1v) is 9.05. The van der Waals surface area contributed by atoms with Gasteiger partial charge in [0.2, 0.25) is 0 Å². The fourth-order valence-corrected chi connectivity index (χ4v) is 3.56. The van der Waals surface area contributed by atoms with Gasteiger partial charge in [-0.15, -0.1) is 0 Å². The molecule has 4 nitrogen and oxygen atoms in total. The highest BCUT2D eigenvalue weighted by Gasteiger charge is 2.26. The molecule has 1 fully saturated rings. The van der Waals surface area contributed by atoms with Gasteiger partial charge >= 0.3 is 0 Å². The fraction of sp³-hybridized carbons (Fsp3) is 0.238. The van der Waals surface area contributed by atoms with Crippen LogP contribution in [0.2, 0.25) is 0 Å². The van der Waals surface area contributed by atoms with Crippen molar-refractivity contribution < 1.29 is 18.0 Å². The lowest BCUT2D eigenvalue weighted by Crippen LogP contribution is -2.38. The zero-order valence-corrected chi connectivity index (χ0v) is 15.0. The van der Waals surface area contributed by atoms with Crippen LogP contribution in [0.5, 0.6) is 0 Å². The van der Waals surface area contributed by atoms with Gasteiger partial charge in [0.1, 0.15) is 17.5 Å². The summed E-state index contributed by atoms with van der Waals surface area (Å²) in [4.78, 5) is 14.1. The number of carbonyl (C=O) groups is 1. The Hall–Kier alpha value is -3.09. The standard InChI is InChI=1S/C21H18F3N3O/c22-17-1-3-20(4-2-17)27-13-16(12-25-27)14-5-7-26(8-6-14)21(28)15-9-18(23)11-19(24)10-15/h1-4,9-14H,5-8H2. The maximum absolute atomic E-state index is 13.4. The van der Waals surface area contributed by atoms with Gasteiger partial charge in [-0.05, 0) is 60.7 Å². The molecule has 2 heterocycles. The first-order valence-electron chi connectivity index (χ1n) is 9.05. The summed E-state index contributed by atoms with van der Waals surface area (Å²) in [7, 11) is 0. The Balaban J connectivity index is 1.41. The summed E-state index contributed by atoms with van der Waals surface area (Å²) in [6, 6.07) is 8.96. The molecule has 0 radical (unpaired) electrons. The minimum Gasteiger partial charge on any atom is -0.339 e. The molecular formula is C21H18F3N3O. The van der Waals surface area contributed by atoms with E-state index in [4.69, 9.17) is 0 Å². The molecule has 7 heteroatoms. The largest absolute Gasteiger partial charge is 0.339 e. The molecule has 0 N–H and O–H groups in total. The summed E-state index contributed by atoms with van der Waals surface area (Å²) < 4.78 is 41.5. The Morgan fingerprint density at radius 1 is 0.929 bits per heavy atom.